The molecule has 0 aliphatic carbocycles. The Balaban J connectivity index is 2.24. The van der Waals surface area contributed by atoms with Crippen molar-refractivity contribution in [2.45, 2.75) is 45.2 Å². The first-order valence-corrected chi connectivity index (χ1v) is 6.96. The topological polar surface area (TPSA) is 69.8 Å². The van der Waals surface area contributed by atoms with Crippen LogP contribution in [-0.2, 0) is 4.79 Å². The molecule has 2 unspecified atom stereocenters. The largest absolute Gasteiger partial charge is 0.395 e. The smallest absolute Gasteiger partial charge is 0.224 e. The zero-order chi connectivity index (χ0) is 13.5. The van der Waals surface area contributed by atoms with E-state index in [1.54, 1.807) is 0 Å². The summed E-state index contributed by atoms with van der Waals surface area (Å²) in [6.07, 6.45) is 2.55. The first kappa shape index (κ1) is 15.4. The Hall–Kier alpha value is -0.650. The molecular weight excluding hydrogens is 230 g/mol. The van der Waals surface area contributed by atoms with Crippen molar-refractivity contribution in [3.05, 3.63) is 0 Å². The van der Waals surface area contributed by atoms with Crippen LogP contribution in [0.25, 0.3) is 0 Å². The van der Waals surface area contributed by atoms with Crippen molar-refractivity contribution in [3.8, 4) is 0 Å². The Bertz CT molecular complexity index is 261. The van der Waals surface area contributed by atoms with E-state index in [9.17, 15) is 4.79 Å². The fourth-order valence-electron chi connectivity index (χ4n) is 2.52. The van der Waals surface area contributed by atoms with E-state index < -0.39 is 0 Å². The Kier molecular flexibility index (Phi) is 6.60. The van der Waals surface area contributed by atoms with Crippen LogP contribution < -0.4 is 5.73 Å². The van der Waals surface area contributed by atoms with Crippen molar-refractivity contribution < 1.29 is 9.90 Å². The minimum atomic E-state index is 0.0153. The number of aliphatic hydroxyl groups excluding tert-OH is 1. The van der Waals surface area contributed by atoms with E-state index in [1.807, 2.05) is 4.90 Å². The highest BCUT2D eigenvalue weighted by atomic mass is 16.3. The van der Waals surface area contributed by atoms with Crippen molar-refractivity contribution in [1.29, 1.82) is 0 Å². The van der Waals surface area contributed by atoms with E-state index in [-0.39, 0.29) is 24.6 Å². The second kappa shape index (κ2) is 7.71. The third-order valence-electron chi connectivity index (χ3n) is 3.68. The summed E-state index contributed by atoms with van der Waals surface area (Å²) in [4.78, 5) is 15.8. The van der Waals surface area contributed by atoms with Gasteiger partial charge in [-0.2, -0.15) is 0 Å². The summed E-state index contributed by atoms with van der Waals surface area (Å²) in [7, 11) is 0. The lowest BCUT2D eigenvalue weighted by Crippen LogP contribution is -2.36. The fourth-order valence-corrected chi connectivity index (χ4v) is 2.52. The predicted molar refractivity (Wildman–Crippen MR) is 72.2 cm³/mol. The maximum Gasteiger partial charge on any atom is 0.224 e. The molecule has 2 atom stereocenters. The monoisotopic (exact) mass is 257 g/mol. The van der Waals surface area contributed by atoms with Crippen LogP contribution in [0.15, 0.2) is 0 Å². The molecule has 5 heteroatoms. The molecule has 1 saturated heterocycles. The van der Waals surface area contributed by atoms with Gasteiger partial charge in [-0.25, -0.2) is 0 Å². The molecule has 0 saturated carbocycles. The van der Waals surface area contributed by atoms with E-state index in [0.717, 1.165) is 32.5 Å². The average molecular weight is 257 g/mol. The molecule has 1 aliphatic rings. The number of amides is 1. The SMILES string of the molecule is CCN(CCO)CCCC(C)N1CC(N)CC1=O. The van der Waals surface area contributed by atoms with Gasteiger partial charge in [-0.15, -0.1) is 0 Å². The first-order chi connectivity index (χ1) is 8.58. The summed E-state index contributed by atoms with van der Waals surface area (Å²) < 4.78 is 0. The van der Waals surface area contributed by atoms with Crippen LogP contribution in [0.2, 0.25) is 0 Å². The number of carbonyl (C=O) groups is 1. The van der Waals surface area contributed by atoms with Gasteiger partial charge in [0.2, 0.25) is 5.91 Å². The molecule has 0 bridgehead atoms. The van der Waals surface area contributed by atoms with Gasteiger partial charge in [0.05, 0.1) is 6.61 Å². The van der Waals surface area contributed by atoms with Crippen LogP contribution in [0.1, 0.15) is 33.1 Å². The predicted octanol–water partition coefficient (Wildman–Crippen LogP) is 0.0289. The minimum Gasteiger partial charge on any atom is -0.395 e. The van der Waals surface area contributed by atoms with Crippen molar-refractivity contribution in [2.75, 3.05) is 32.8 Å². The average Bonchev–Trinajstić information content (AvgIpc) is 2.67. The highest BCUT2D eigenvalue weighted by Gasteiger charge is 2.29. The molecule has 1 heterocycles. The molecule has 1 amide bonds. The molecule has 106 valence electrons. The summed E-state index contributed by atoms with van der Waals surface area (Å²) in [6.45, 7) is 7.79. The zero-order valence-electron chi connectivity index (χ0n) is 11.6. The maximum atomic E-state index is 11.7. The maximum absolute atomic E-state index is 11.7. The summed E-state index contributed by atoms with van der Waals surface area (Å²) in [5, 5.41) is 8.90. The Labute approximate surface area is 110 Å². The normalized spacial score (nSPS) is 21.9. The number of carbonyl (C=O) groups excluding carboxylic acids is 1. The molecule has 18 heavy (non-hydrogen) atoms. The molecule has 1 fully saturated rings. The van der Waals surface area contributed by atoms with Gasteiger partial charge in [0.25, 0.3) is 0 Å². The molecule has 0 aromatic heterocycles. The molecular formula is C13H27N3O2. The Morgan fingerprint density at radius 2 is 2.28 bits per heavy atom. The summed E-state index contributed by atoms with van der Waals surface area (Å²) in [6, 6.07) is 0.292. The van der Waals surface area contributed by atoms with Gasteiger partial charge in [0.1, 0.15) is 0 Å². The van der Waals surface area contributed by atoms with E-state index >= 15 is 0 Å². The molecule has 3 N–H and O–H groups in total. The molecule has 1 aliphatic heterocycles. The van der Waals surface area contributed by atoms with Gasteiger partial charge in [-0.1, -0.05) is 6.92 Å². The molecule has 1 rings (SSSR count). The van der Waals surface area contributed by atoms with Gasteiger partial charge in [0, 0.05) is 31.6 Å². The van der Waals surface area contributed by atoms with Crippen LogP contribution in [0.3, 0.4) is 0 Å². The number of rotatable bonds is 8. The fraction of sp³-hybridized carbons (Fsp3) is 0.923. The lowest BCUT2D eigenvalue weighted by molar-refractivity contribution is -0.129. The summed E-state index contributed by atoms with van der Waals surface area (Å²) in [5.74, 6) is 0.192. The second-order valence-electron chi connectivity index (χ2n) is 5.16. The standard InChI is InChI=1S/C13H27N3O2/c1-3-15(7-8-17)6-4-5-11(2)16-10-12(14)9-13(16)18/h11-12,17H,3-10,14H2,1-2H3. The Morgan fingerprint density at radius 3 is 2.78 bits per heavy atom. The molecule has 5 nitrogen and oxygen atoms in total. The van der Waals surface area contributed by atoms with Gasteiger partial charge in [-0.3, -0.25) is 4.79 Å². The van der Waals surface area contributed by atoms with Crippen LogP contribution in [0.5, 0.6) is 0 Å². The molecule has 0 aromatic carbocycles. The number of hydrogen-bond donors (Lipinski definition) is 2. The molecule has 0 aromatic rings. The van der Waals surface area contributed by atoms with Crippen LogP contribution >= 0.6 is 0 Å². The van der Waals surface area contributed by atoms with Crippen LogP contribution in [0, 0.1) is 0 Å². The van der Waals surface area contributed by atoms with Crippen LogP contribution in [-0.4, -0.2) is 65.7 Å². The van der Waals surface area contributed by atoms with Crippen LogP contribution in [0.4, 0.5) is 0 Å². The highest BCUT2D eigenvalue weighted by Crippen LogP contribution is 2.16. The number of likely N-dealkylation sites (tertiary alicyclic amines) is 1. The lowest BCUT2D eigenvalue weighted by atomic mass is 10.1. The summed E-state index contributed by atoms with van der Waals surface area (Å²) in [5.41, 5.74) is 5.79. The van der Waals surface area contributed by atoms with Crippen molar-refractivity contribution in [1.82, 2.24) is 9.80 Å². The summed E-state index contributed by atoms with van der Waals surface area (Å²) >= 11 is 0. The van der Waals surface area contributed by atoms with Gasteiger partial charge < -0.3 is 20.6 Å². The molecule has 0 radical (unpaired) electrons. The van der Waals surface area contributed by atoms with E-state index in [0.29, 0.717) is 13.0 Å². The minimum absolute atomic E-state index is 0.0153. The number of aliphatic hydroxyl groups is 1. The Morgan fingerprint density at radius 1 is 1.56 bits per heavy atom. The van der Waals surface area contributed by atoms with E-state index in [4.69, 9.17) is 10.8 Å². The third kappa shape index (κ3) is 4.55. The van der Waals surface area contributed by atoms with Crippen molar-refractivity contribution in [3.63, 3.8) is 0 Å². The quantitative estimate of drug-likeness (QED) is 0.643. The van der Waals surface area contributed by atoms with Crippen molar-refractivity contribution >= 4 is 5.91 Å². The second-order valence-corrected chi connectivity index (χ2v) is 5.16. The van der Waals surface area contributed by atoms with Crippen molar-refractivity contribution in [2.24, 2.45) is 5.73 Å². The zero-order valence-corrected chi connectivity index (χ0v) is 11.6. The van der Waals surface area contributed by atoms with E-state index in [2.05, 4.69) is 18.7 Å². The van der Waals surface area contributed by atoms with Gasteiger partial charge >= 0.3 is 0 Å². The number of nitrogens with zero attached hydrogens (tertiary/aromatic N) is 2. The third-order valence-corrected chi connectivity index (χ3v) is 3.68. The lowest BCUT2D eigenvalue weighted by Gasteiger charge is -2.26. The van der Waals surface area contributed by atoms with Gasteiger partial charge in [-0.05, 0) is 32.9 Å². The first-order valence-electron chi connectivity index (χ1n) is 6.96. The van der Waals surface area contributed by atoms with Gasteiger partial charge in [0.15, 0.2) is 0 Å². The number of likely N-dealkylation sites (N-methyl/N-ethyl adjacent to an activating group) is 1. The highest BCUT2D eigenvalue weighted by molar-refractivity contribution is 5.79. The van der Waals surface area contributed by atoms with E-state index in [1.165, 1.54) is 0 Å². The molecule has 0 spiro atoms. The number of hydrogen-bond acceptors (Lipinski definition) is 4. The number of nitrogens with two attached hydrogens (primary N) is 1.